The topological polar surface area (TPSA) is 70.4 Å². The van der Waals surface area contributed by atoms with Crippen molar-refractivity contribution in [2.45, 2.75) is 27.0 Å². The van der Waals surface area contributed by atoms with Gasteiger partial charge >= 0.3 is 11.9 Å². The maximum Gasteiger partial charge on any atom is 0.338 e. The first-order chi connectivity index (χ1) is 10.9. The highest BCUT2D eigenvalue weighted by Crippen LogP contribution is 2.14. The number of carbonyl (C=O) groups excluding carboxylic acids is 2. The van der Waals surface area contributed by atoms with Gasteiger partial charge in [-0.15, -0.1) is 0 Å². The normalized spacial score (nSPS) is 10.4. The molecule has 1 aromatic heterocycles. The first-order valence-corrected chi connectivity index (χ1v) is 6.94. The molecule has 0 saturated carbocycles. The van der Waals surface area contributed by atoms with Crippen LogP contribution >= 0.6 is 0 Å². The van der Waals surface area contributed by atoms with Crippen molar-refractivity contribution in [2.75, 3.05) is 7.11 Å². The lowest BCUT2D eigenvalue weighted by atomic mass is 10.1. The molecular formula is C16H17FN2O4. The molecule has 0 radical (unpaired) electrons. The van der Waals surface area contributed by atoms with Gasteiger partial charge in [-0.2, -0.15) is 5.10 Å². The molecule has 0 bridgehead atoms. The average molecular weight is 320 g/mol. The van der Waals surface area contributed by atoms with Crippen LogP contribution in [-0.4, -0.2) is 28.8 Å². The van der Waals surface area contributed by atoms with Gasteiger partial charge in [0.1, 0.15) is 19.0 Å². The van der Waals surface area contributed by atoms with Crippen molar-refractivity contribution in [1.82, 2.24) is 9.78 Å². The summed E-state index contributed by atoms with van der Waals surface area (Å²) in [6.07, 6.45) is 0. The number of nitrogens with zero attached hydrogens (tertiary/aromatic N) is 2. The second kappa shape index (κ2) is 7.04. The van der Waals surface area contributed by atoms with Crippen LogP contribution in [0.15, 0.2) is 24.3 Å². The van der Waals surface area contributed by atoms with Crippen molar-refractivity contribution in [1.29, 1.82) is 0 Å². The van der Waals surface area contributed by atoms with Crippen LogP contribution in [0.1, 0.15) is 27.3 Å². The van der Waals surface area contributed by atoms with Crippen LogP contribution in [0.25, 0.3) is 0 Å². The Morgan fingerprint density at radius 2 is 2.00 bits per heavy atom. The third-order valence-corrected chi connectivity index (χ3v) is 3.25. The molecule has 0 spiro atoms. The number of benzene rings is 1. The van der Waals surface area contributed by atoms with E-state index in [1.54, 1.807) is 0 Å². The first kappa shape index (κ1) is 16.7. The summed E-state index contributed by atoms with van der Waals surface area (Å²) < 4.78 is 24.5. The highest BCUT2D eigenvalue weighted by atomic mass is 19.1. The van der Waals surface area contributed by atoms with Crippen molar-refractivity contribution in [3.8, 4) is 0 Å². The zero-order valence-corrected chi connectivity index (χ0v) is 13.1. The molecule has 0 unspecified atom stereocenters. The highest BCUT2D eigenvalue weighted by Gasteiger charge is 2.15. The van der Waals surface area contributed by atoms with Gasteiger partial charge in [-0.3, -0.25) is 9.48 Å². The third-order valence-electron chi connectivity index (χ3n) is 3.25. The van der Waals surface area contributed by atoms with Crippen LogP contribution in [0.2, 0.25) is 0 Å². The lowest BCUT2D eigenvalue weighted by Crippen LogP contribution is -2.16. The number of carbonyl (C=O) groups is 2. The van der Waals surface area contributed by atoms with E-state index in [4.69, 9.17) is 4.74 Å². The smallest absolute Gasteiger partial charge is 0.338 e. The summed E-state index contributed by atoms with van der Waals surface area (Å²) >= 11 is 0. The zero-order chi connectivity index (χ0) is 17.0. The van der Waals surface area contributed by atoms with E-state index < -0.39 is 17.8 Å². The molecule has 1 heterocycles. The van der Waals surface area contributed by atoms with E-state index >= 15 is 0 Å². The molecule has 0 saturated heterocycles. The molecule has 23 heavy (non-hydrogen) atoms. The van der Waals surface area contributed by atoms with E-state index in [9.17, 15) is 14.0 Å². The van der Waals surface area contributed by atoms with Crippen LogP contribution < -0.4 is 0 Å². The second-order valence-electron chi connectivity index (χ2n) is 5.04. The molecule has 0 aliphatic heterocycles. The fourth-order valence-electron chi connectivity index (χ4n) is 2.14. The Kier molecular flexibility index (Phi) is 5.10. The molecule has 0 aliphatic rings. The van der Waals surface area contributed by atoms with Gasteiger partial charge in [0.2, 0.25) is 0 Å². The van der Waals surface area contributed by atoms with Crippen LogP contribution in [0.4, 0.5) is 4.39 Å². The maximum absolute atomic E-state index is 13.2. The van der Waals surface area contributed by atoms with Crippen LogP contribution in [-0.2, 0) is 27.4 Å². The molecule has 2 aromatic rings. The largest absolute Gasteiger partial charge is 0.465 e. The monoisotopic (exact) mass is 320 g/mol. The number of hydrogen-bond donors (Lipinski definition) is 0. The standard InChI is InChI=1S/C16H17FN2O4/c1-10-6-11(2)19(18-10)8-15(20)23-9-12-4-5-13(17)7-14(12)16(21)22-3/h4-7H,8-9H2,1-3H3. The fraction of sp³-hybridized carbons (Fsp3) is 0.312. The molecule has 0 amide bonds. The molecule has 1 aromatic carbocycles. The predicted molar refractivity (Wildman–Crippen MR) is 79.2 cm³/mol. The summed E-state index contributed by atoms with van der Waals surface area (Å²) in [5, 5.41) is 4.17. The van der Waals surface area contributed by atoms with E-state index in [1.165, 1.54) is 23.9 Å². The highest BCUT2D eigenvalue weighted by molar-refractivity contribution is 5.91. The van der Waals surface area contributed by atoms with E-state index in [0.29, 0.717) is 5.56 Å². The molecule has 7 heteroatoms. The predicted octanol–water partition coefficient (Wildman–Crippen LogP) is 2.17. The second-order valence-corrected chi connectivity index (χ2v) is 5.04. The van der Waals surface area contributed by atoms with Gasteiger partial charge < -0.3 is 9.47 Å². The van der Waals surface area contributed by atoms with Crippen molar-refractivity contribution in [2.24, 2.45) is 0 Å². The third kappa shape index (κ3) is 4.15. The van der Waals surface area contributed by atoms with E-state index in [0.717, 1.165) is 17.5 Å². The van der Waals surface area contributed by atoms with Crippen molar-refractivity contribution in [3.63, 3.8) is 0 Å². The Morgan fingerprint density at radius 1 is 1.26 bits per heavy atom. The Morgan fingerprint density at radius 3 is 2.61 bits per heavy atom. The Labute approximate surface area is 132 Å². The molecule has 0 fully saturated rings. The van der Waals surface area contributed by atoms with Gasteiger partial charge in [-0.05, 0) is 32.0 Å². The van der Waals surface area contributed by atoms with Gasteiger partial charge in [0.05, 0.1) is 18.4 Å². The van der Waals surface area contributed by atoms with Gasteiger partial charge in [0.25, 0.3) is 0 Å². The molecule has 0 N–H and O–H groups in total. The number of esters is 2. The number of aromatic nitrogens is 2. The number of ether oxygens (including phenoxy) is 2. The van der Waals surface area contributed by atoms with E-state index in [1.807, 2.05) is 19.9 Å². The average Bonchev–Trinajstić information content (AvgIpc) is 2.82. The SMILES string of the molecule is COC(=O)c1cc(F)ccc1COC(=O)Cn1nc(C)cc1C. The van der Waals surface area contributed by atoms with Crippen LogP contribution in [0.5, 0.6) is 0 Å². The molecule has 6 nitrogen and oxygen atoms in total. The van der Waals surface area contributed by atoms with Crippen LogP contribution in [0, 0.1) is 19.7 Å². The summed E-state index contributed by atoms with van der Waals surface area (Å²) in [5.41, 5.74) is 2.06. The van der Waals surface area contributed by atoms with Gasteiger partial charge in [-0.25, -0.2) is 9.18 Å². The number of methoxy groups -OCH3 is 1. The van der Waals surface area contributed by atoms with E-state index in [2.05, 4.69) is 9.84 Å². The van der Waals surface area contributed by atoms with Gasteiger partial charge in [0, 0.05) is 11.3 Å². The Balaban J connectivity index is 2.04. The summed E-state index contributed by atoms with van der Waals surface area (Å²) in [4.78, 5) is 23.5. The van der Waals surface area contributed by atoms with E-state index in [-0.39, 0.29) is 18.7 Å². The van der Waals surface area contributed by atoms with Gasteiger partial charge in [0.15, 0.2) is 0 Å². The summed E-state index contributed by atoms with van der Waals surface area (Å²) in [7, 11) is 1.20. The number of rotatable bonds is 5. The Hall–Kier alpha value is -2.70. The van der Waals surface area contributed by atoms with Gasteiger partial charge in [-0.1, -0.05) is 6.07 Å². The number of halogens is 1. The molecular weight excluding hydrogens is 303 g/mol. The van der Waals surface area contributed by atoms with Crippen molar-refractivity contribution < 1.29 is 23.5 Å². The minimum atomic E-state index is -0.686. The maximum atomic E-state index is 13.2. The summed E-state index contributed by atoms with van der Waals surface area (Å²) in [6, 6.07) is 5.48. The minimum Gasteiger partial charge on any atom is -0.465 e. The summed E-state index contributed by atoms with van der Waals surface area (Å²) in [5.74, 6) is -1.76. The lowest BCUT2D eigenvalue weighted by molar-refractivity contribution is -0.146. The number of aryl methyl sites for hydroxylation is 2. The lowest BCUT2D eigenvalue weighted by Gasteiger charge is -2.10. The molecule has 122 valence electrons. The van der Waals surface area contributed by atoms with Crippen molar-refractivity contribution in [3.05, 3.63) is 52.6 Å². The Bertz CT molecular complexity index is 740. The van der Waals surface area contributed by atoms with Crippen LogP contribution in [0.3, 0.4) is 0 Å². The summed E-state index contributed by atoms with van der Waals surface area (Å²) in [6.45, 7) is 3.48. The fourth-order valence-corrected chi connectivity index (χ4v) is 2.14. The first-order valence-electron chi connectivity index (χ1n) is 6.94. The molecule has 2 rings (SSSR count). The minimum absolute atomic E-state index is 0.0333. The molecule has 0 atom stereocenters. The quantitative estimate of drug-likeness (QED) is 0.790. The van der Waals surface area contributed by atoms with Crippen molar-refractivity contribution >= 4 is 11.9 Å². The zero-order valence-electron chi connectivity index (χ0n) is 13.1. The number of hydrogen-bond acceptors (Lipinski definition) is 5. The molecule has 0 aliphatic carbocycles.